The number of nitrogens with two attached hydrogens (primary N) is 1. The highest BCUT2D eigenvalue weighted by Gasteiger charge is 2.24. The van der Waals surface area contributed by atoms with Gasteiger partial charge in [0.2, 0.25) is 0 Å². The van der Waals surface area contributed by atoms with Crippen molar-refractivity contribution in [2.75, 3.05) is 6.54 Å². The van der Waals surface area contributed by atoms with Gasteiger partial charge in [-0.3, -0.25) is 5.32 Å². The average Bonchev–Trinajstić information content (AvgIpc) is 2.89. The molecule has 0 bridgehead atoms. The Kier molecular flexibility index (Phi) is 3.90. The molecule has 0 aliphatic carbocycles. The van der Waals surface area contributed by atoms with Crippen LogP contribution in [0.3, 0.4) is 0 Å². The molecule has 2 N–H and O–H groups in total. The second kappa shape index (κ2) is 5.85. The normalized spacial score (nSPS) is 20.6. The number of benzene rings is 1. The summed E-state index contributed by atoms with van der Waals surface area (Å²) in [6.45, 7) is 4.80. The van der Waals surface area contributed by atoms with Crippen molar-refractivity contribution >= 4 is 12.0 Å². The van der Waals surface area contributed by atoms with Crippen LogP contribution in [0.4, 0.5) is 4.39 Å². The Hall–Kier alpha value is -2.27. The third-order valence-electron chi connectivity index (χ3n) is 3.89. The third-order valence-corrected chi connectivity index (χ3v) is 3.89. The molecule has 114 valence electrons. The fourth-order valence-electron chi connectivity index (χ4n) is 2.71. The third kappa shape index (κ3) is 2.99. The summed E-state index contributed by atoms with van der Waals surface area (Å²) in [5.74, 6) is 0.196. The van der Waals surface area contributed by atoms with E-state index in [0.29, 0.717) is 17.2 Å². The molecule has 22 heavy (non-hydrogen) atoms. The number of rotatable bonds is 2. The lowest BCUT2D eigenvalue weighted by atomic mass is 9.95. The maximum Gasteiger partial charge on any atom is 0.338 e. The molecule has 0 radical (unpaired) electrons. The number of piperidine rings is 1. The molecule has 0 saturated carbocycles. The number of amides is 1. The maximum atomic E-state index is 14.3. The minimum absolute atomic E-state index is 0.0628. The summed E-state index contributed by atoms with van der Waals surface area (Å²) in [7, 11) is 0. The zero-order valence-corrected chi connectivity index (χ0v) is 12.7. The van der Waals surface area contributed by atoms with Crippen LogP contribution >= 0.6 is 0 Å². The summed E-state index contributed by atoms with van der Waals surface area (Å²) < 4.78 is 16.0. The minimum Gasteiger partial charge on any atom is -0.303 e. The molecule has 0 spiro atoms. The Morgan fingerprint density at radius 3 is 2.95 bits per heavy atom. The molecule has 1 unspecified atom stereocenters. The lowest BCUT2D eigenvalue weighted by Gasteiger charge is -2.16. The van der Waals surface area contributed by atoms with Crippen molar-refractivity contribution in [1.29, 1.82) is 0 Å². The molecule has 2 heterocycles. The van der Waals surface area contributed by atoms with Crippen LogP contribution in [-0.2, 0) is 4.79 Å². The number of quaternary nitrogens is 1. The number of imidazole rings is 1. The van der Waals surface area contributed by atoms with Gasteiger partial charge in [0.25, 0.3) is 0 Å². The van der Waals surface area contributed by atoms with Crippen molar-refractivity contribution in [2.24, 2.45) is 5.92 Å². The number of hydrogen-bond donors (Lipinski definition) is 1. The van der Waals surface area contributed by atoms with Gasteiger partial charge in [-0.2, -0.15) is 0 Å². The highest BCUT2D eigenvalue weighted by molar-refractivity contribution is 5.91. The van der Waals surface area contributed by atoms with Crippen LogP contribution in [0.5, 0.6) is 0 Å². The second-order valence-corrected chi connectivity index (χ2v) is 5.92. The van der Waals surface area contributed by atoms with Gasteiger partial charge in [0, 0.05) is 12.1 Å². The Bertz CT molecular complexity index is 748. The number of carbonyl (C=O) groups excluding carboxylic acids is 1. The van der Waals surface area contributed by atoms with Gasteiger partial charge < -0.3 is 4.57 Å². The molecule has 2 aromatic rings. The Morgan fingerprint density at radius 2 is 2.27 bits per heavy atom. The number of halogens is 1. The second-order valence-electron chi connectivity index (χ2n) is 5.92. The van der Waals surface area contributed by atoms with Gasteiger partial charge in [-0.25, -0.2) is 14.2 Å². The largest absolute Gasteiger partial charge is 0.338 e. The van der Waals surface area contributed by atoms with Crippen molar-refractivity contribution in [1.82, 2.24) is 9.55 Å². The summed E-state index contributed by atoms with van der Waals surface area (Å²) >= 11 is 0. The van der Waals surface area contributed by atoms with E-state index >= 15 is 0 Å². The Morgan fingerprint density at radius 1 is 1.45 bits per heavy atom. The van der Waals surface area contributed by atoms with Gasteiger partial charge in [-0.05, 0) is 37.1 Å². The summed E-state index contributed by atoms with van der Waals surface area (Å²) in [5, 5.41) is 1.72. The van der Waals surface area contributed by atoms with Crippen LogP contribution in [0.15, 0.2) is 36.3 Å². The van der Waals surface area contributed by atoms with Gasteiger partial charge in [0.05, 0.1) is 29.8 Å². The molecule has 1 fully saturated rings. The first-order valence-electron chi connectivity index (χ1n) is 7.41. The highest BCUT2D eigenvalue weighted by Crippen LogP contribution is 2.20. The molecule has 3 rings (SSSR count). The molecular weight excluding hydrogens is 281 g/mol. The van der Waals surface area contributed by atoms with Crippen LogP contribution in [-0.4, -0.2) is 22.0 Å². The predicted molar refractivity (Wildman–Crippen MR) is 81.8 cm³/mol. The van der Waals surface area contributed by atoms with Gasteiger partial charge in [-0.15, -0.1) is 0 Å². The molecule has 1 aliphatic heterocycles. The van der Waals surface area contributed by atoms with E-state index in [4.69, 9.17) is 0 Å². The molecule has 1 aliphatic rings. The van der Waals surface area contributed by atoms with Crippen LogP contribution < -0.4 is 5.32 Å². The molecule has 1 amide bonds. The quantitative estimate of drug-likeness (QED) is 0.860. The average molecular weight is 300 g/mol. The first-order valence-corrected chi connectivity index (χ1v) is 7.41. The number of carbonyl (C=O) groups is 1. The molecule has 5 heteroatoms. The molecular formula is C17H19FN3O+. The fourth-order valence-corrected chi connectivity index (χ4v) is 2.71. The smallest absolute Gasteiger partial charge is 0.303 e. The standard InChI is InChI=1S/C17H18FN3O/c1-11-5-14(17(22)19-8-11)6-13-3-4-16(15(18)7-13)21-9-12(2)20-10-21/h3-4,6-7,9-11H,5,8H2,1-2H3,(H,19,22)/p+1. The van der Waals surface area contributed by atoms with E-state index in [1.807, 2.05) is 13.0 Å². The lowest BCUT2D eigenvalue weighted by Crippen LogP contribution is -2.91. The van der Waals surface area contributed by atoms with Gasteiger partial charge in [0.1, 0.15) is 5.82 Å². The van der Waals surface area contributed by atoms with Gasteiger partial charge in [0.15, 0.2) is 0 Å². The van der Waals surface area contributed by atoms with E-state index in [0.717, 1.165) is 24.2 Å². The van der Waals surface area contributed by atoms with E-state index < -0.39 is 0 Å². The van der Waals surface area contributed by atoms with Gasteiger partial charge >= 0.3 is 5.91 Å². The summed E-state index contributed by atoms with van der Waals surface area (Å²) in [4.78, 5) is 16.0. The molecule has 1 aromatic carbocycles. The predicted octanol–water partition coefficient (Wildman–Crippen LogP) is 1.83. The molecule has 1 aromatic heterocycles. The van der Waals surface area contributed by atoms with Crippen LogP contribution in [0.25, 0.3) is 11.8 Å². The highest BCUT2D eigenvalue weighted by atomic mass is 19.1. The van der Waals surface area contributed by atoms with E-state index in [2.05, 4.69) is 11.9 Å². The lowest BCUT2D eigenvalue weighted by molar-refractivity contribution is -0.575. The van der Waals surface area contributed by atoms with E-state index in [9.17, 15) is 9.18 Å². The van der Waals surface area contributed by atoms with Crippen molar-refractivity contribution < 1.29 is 14.5 Å². The SMILES string of the molecule is Cc1cn(-c2ccc(C=C3CC(C)C[NH2+]C3=O)cc2F)cn1. The number of aryl methyl sites for hydroxylation is 1. The number of nitrogens with zero attached hydrogens (tertiary/aromatic N) is 2. The van der Waals surface area contributed by atoms with Gasteiger partial charge in [-0.1, -0.05) is 13.0 Å². The summed E-state index contributed by atoms with van der Waals surface area (Å²) in [6, 6.07) is 5.00. The maximum absolute atomic E-state index is 14.3. The number of aromatic nitrogens is 2. The van der Waals surface area contributed by atoms with Crippen LogP contribution in [0.1, 0.15) is 24.6 Å². The molecule has 1 atom stereocenters. The minimum atomic E-state index is -0.327. The number of primary amides is 1. The van der Waals surface area contributed by atoms with Crippen molar-refractivity contribution in [2.45, 2.75) is 20.3 Å². The van der Waals surface area contributed by atoms with Crippen molar-refractivity contribution in [3.8, 4) is 5.69 Å². The zero-order valence-electron chi connectivity index (χ0n) is 12.7. The molecule has 4 nitrogen and oxygen atoms in total. The summed E-state index contributed by atoms with van der Waals surface area (Å²) in [6.07, 6.45) is 5.91. The van der Waals surface area contributed by atoms with Crippen molar-refractivity contribution in [3.05, 3.63) is 53.4 Å². The van der Waals surface area contributed by atoms with E-state index in [1.54, 1.807) is 34.6 Å². The topological polar surface area (TPSA) is 51.5 Å². The fraction of sp³-hybridized carbons (Fsp3) is 0.294. The summed E-state index contributed by atoms with van der Waals surface area (Å²) in [5.41, 5.74) is 2.76. The van der Waals surface area contributed by atoms with Crippen molar-refractivity contribution in [3.63, 3.8) is 0 Å². The Balaban J connectivity index is 1.90. The monoisotopic (exact) mass is 300 g/mol. The van der Waals surface area contributed by atoms with Crippen LogP contribution in [0.2, 0.25) is 0 Å². The number of hydrogen-bond acceptors (Lipinski definition) is 2. The Labute approximate surface area is 128 Å². The van der Waals surface area contributed by atoms with E-state index in [1.165, 1.54) is 6.07 Å². The van der Waals surface area contributed by atoms with E-state index in [-0.39, 0.29) is 11.7 Å². The first kappa shape index (κ1) is 14.7. The van der Waals surface area contributed by atoms with Crippen LogP contribution in [0, 0.1) is 18.7 Å². The molecule has 1 saturated heterocycles. The first-order chi connectivity index (χ1) is 10.5. The zero-order chi connectivity index (χ0) is 15.7.